The lowest BCUT2D eigenvalue weighted by molar-refractivity contribution is -0.0449. The minimum atomic E-state index is -0.473. The first-order chi connectivity index (χ1) is 15.4. The number of methoxy groups -OCH3 is 1. The van der Waals surface area contributed by atoms with Crippen LogP contribution in [0.3, 0.4) is 0 Å². The number of hydrogen-bond donors (Lipinski definition) is 2. The zero-order valence-electron chi connectivity index (χ0n) is 18.5. The highest BCUT2D eigenvalue weighted by atomic mass is 16.6. The molecular formula is C25H29N3O4. The van der Waals surface area contributed by atoms with Crippen molar-refractivity contribution in [2.75, 3.05) is 7.11 Å². The van der Waals surface area contributed by atoms with E-state index in [2.05, 4.69) is 15.6 Å². The van der Waals surface area contributed by atoms with Gasteiger partial charge >= 0.3 is 6.09 Å². The molecule has 168 valence electrons. The van der Waals surface area contributed by atoms with Crippen LogP contribution in [0.15, 0.2) is 42.5 Å². The summed E-state index contributed by atoms with van der Waals surface area (Å²) in [5.41, 5.74) is 0.725. The SMILES string of the molecule is COc1cccc(C(=O)NC23CC4CC(CC(NC(=O)Oc5cccc(C)n5)(C4)C2)C3)c1. The molecule has 1 aromatic heterocycles. The number of aryl methyl sites for hydroxylation is 1. The molecule has 2 aromatic rings. The number of nitrogens with zero attached hydrogens (tertiary/aromatic N) is 1. The van der Waals surface area contributed by atoms with Crippen molar-refractivity contribution >= 4 is 12.0 Å². The van der Waals surface area contributed by atoms with Crippen molar-refractivity contribution in [1.29, 1.82) is 0 Å². The Balaban J connectivity index is 1.32. The smallest absolute Gasteiger partial charge is 0.414 e. The fraction of sp³-hybridized carbons (Fsp3) is 0.480. The molecule has 7 nitrogen and oxygen atoms in total. The van der Waals surface area contributed by atoms with Gasteiger partial charge in [0.05, 0.1) is 7.11 Å². The van der Waals surface area contributed by atoms with Crippen molar-refractivity contribution in [3.8, 4) is 11.6 Å². The number of carbonyl (C=O) groups excluding carboxylic acids is 2. The molecule has 7 heteroatoms. The summed E-state index contributed by atoms with van der Waals surface area (Å²) >= 11 is 0. The molecule has 1 aromatic carbocycles. The number of rotatable bonds is 5. The van der Waals surface area contributed by atoms with E-state index in [9.17, 15) is 9.59 Å². The Morgan fingerprint density at radius 2 is 1.69 bits per heavy atom. The van der Waals surface area contributed by atoms with Gasteiger partial charge in [-0.25, -0.2) is 9.78 Å². The maximum absolute atomic E-state index is 13.1. The Morgan fingerprint density at radius 3 is 2.38 bits per heavy atom. The number of ether oxygens (including phenoxy) is 2. The van der Waals surface area contributed by atoms with Crippen LogP contribution in [-0.2, 0) is 0 Å². The van der Waals surface area contributed by atoms with E-state index >= 15 is 0 Å². The highest BCUT2D eigenvalue weighted by Crippen LogP contribution is 2.57. The van der Waals surface area contributed by atoms with E-state index in [-0.39, 0.29) is 17.0 Å². The largest absolute Gasteiger partial charge is 0.497 e. The van der Waals surface area contributed by atoms with Gasteiger partial charge in [0.15, 0.2) is 0 Å². The number of pyridine rings is 1. The molecule has 1 heterocycles. The van der Waals surface area contributed by atoms with Crippen molar-refractivity contribution in [3.05, 3.63) is 53.7 Å². The predicted octanol–water partition coefficient (Wildman–Crippen LogP) is 4.01. The highest BCUT2D eigenvalue weighted by molar-refractivity contribution is 5.95. The lowest BCUT2D eigenvalue weighted by Crippen LogP contribution is -2.70. The minimum absolute atomic E-state index is 0.0902. The summed E-state index contributed by atoms with van der Waals surface area (Å²) in [6.45, 7) is 1.86. The second-order valence-corrected chi connectivity index (χ2v) is 9.84. The number of hydrogen-bond acceptors (Lipinski definition) is 5. The molecule has 0 aliphatic heterocycles. The molecule has 2 unspecified atom stereocenters. The normalized spacial score (nSPS) is 29.9. The number of nitrogens with one attached hydrogen (secondary N) is 2. The molecule has 4 saturated carbocycles. The van der Waals surface area contributed by atoms with Crippen LogP contribution in [0, 0.1) is 18.8 Å². The van der Waals surface area contributed by atoms with Gasteiger partial charge in [-0.3, -0.25) is 4.79 Å². The fourth-order valence-corrected chi connectivity index (χ4v) is 6.54. The Labute approximate surface area is 187 Å². The Bertz CT molecular complexity index is 1040. The van der Waals surface area contributed by atoms with Crippen molar-refractivity contribution < 1.29 is 19.1 Å². The number of benzene rings is 1. The first-order valence-electron chi connectivity index (χ1n) is 11.3. The fourth-order valence-electron chi connectivity index (χ4n) is 6.54. The van der Waals surface area contributed by atoms with E-state index in [0.717, 1.165) is 44.2 Å². The molecule has 2 amide bonds. The molecule has 4 aliphatic rings. The predicted molar refractivity (Wildman–Crippen MR) is 119 cm³/mol. The van der Waals surface area contributed by atoms with E-state index in [1.807, 2.05) is 31.2 Å². The summed E-state index contributed by atoms with van der Waals surface area (Å²) in [4.78, 5) is 30.1. The zero-order valence-corrected chi connectivity index (χ0v) is 18.5. The van der Waals surface area contributed by atoms with Crippen LogP contribution in [0.25, 0.3) is 0 Å². The first-order valence-corrected chi connectivity index (χ1v) is 11.3. The first kappa shape index (κ1) is 20.8. The summed E-state index contributed by atoms with van der Waals surface area (Å²) in [5.74, 6) is 1.84. The monoisotopic (exact) mass is 435 g/mol. The van der Waals surface area contributed by atoms with E-state index < -0.39 is 6.09 Å². The second kappa shape index (κ2) is 7.80. The minimum Gasteiger partial charge on any atom is -0.497 e. The third-order valence-corrected chi connectivity index (χ3v) is 7.20. The van der Waals surface area contributed by atoms with Gasteiger partial charge in [0.25, 0.3) is 5.91 Å². The molecule has 0 spiro atoms. The molecule has 0 saturated heterocycles. The molecule has 2 atom stereocenters. The average Bonchev–Trinajstić information content (AvgIpc) is 2.72. The van der Waals surface area contributed by atoms with Crippen LogP contribution in [0.2, 0.25) is 0 Å². The third-order valence-electron chi connectivity index (χ3n) is 7.20. The van der Waals surface area contributed by atoms with Gasteiger partial charge in [-0.15, -0.1) is 0 Å². The molecule has 2 N–H and O–H groups in total. The number of amides is 2. The van der Waals surface area contributed by atoms with Gasteiger partial charge in [0, 0.05) is 28.4 Å². The van der Waals surface area contributed by atoms with Gasteiger partial charge in [-0.2, -0.15) is 0 Å². The molecule has 6 rings (SSSR count). The van der Waals surface area contributed by atoms with Gasteiger partial charge < -0.3 is 20.1 Å². The van der Waals surface area contributed by atoms with Crippen LogP contribution in [0.5, 0.6) is 11.6 Å². The van der Waals surface area contributed by atoms with Crippen LogP contribution in [0.4, 0.5) is 4.79 Å². The molecule has 0 radical (unpaired) electrons. The van der Waals surface area contributed by atoms with Gasteiger partial charge in [-0.05, 0) is 81.5 Å². The molecular weight excluding hydrogens is 406 g/mol. The summed E-state index contributed by atoms with van der Waals surface area (Å²) < 4.78 is 10.7. The Hall–Kier alpha value is -3.09. The maximum atomic E-state index is 13.1. The van der Waals surface area contributed by atoms with Gasteiger partial charge in [0.1, 0.15) is 5.75 Å². The lowest BCUT2D eigenvalue weighted by Gasteiger charge is -2.62. The summed E-state index contributed by atoms with van der Waals surface area (Å²) in [7, 11) is 1.59. The second-order valence-electron chi connectivity index (χ2n) is 9.84. The van der Waals surface area contributed by atoms with Crippen molar-refractivity contribution in [2.24, 2.45) is 11.8 Å². The quantitative estimate of drug-likeness (QED) is 0.741. The highest BCUT2D eigenvalue weighted by Gasteiger charge is 2.59. The number of carbonyl (C=O) groups is 2. The van der Waals surface area contributed by atoms with E-state index in [0.29, 0.717) is 29.0 Å². The van der Waals surface area contributed by atoms with Gasteiger partial charge in [-0.1, -0.05) is 12.1 Å². The van der Waals surface area contributed by atoms with E-state index in [4.69, 9.17) is 9.47 Å². The van der Waals surface area contributed by atoms with Crippen molar-refractivity contribution in [2.45, 2.75) is 56.5 Å². The van der Waals surface area contributed by atoms with E-state index in [1.54, 1.807) is 25.3 Å². The Morgan fingerprint density at radius 1 is 1.00 bits per heavy atom. The average molecular weight is 436 g/mol. The van der Waals surface area contributed by atoms with Crippen LogP contribution in [0.1, 0.15) is 54.6 Å². The zero-order chi connectivity index (χ0) is 22.3. The molecule has 4 aliphatic carbocycles. The van der Waals surface area contributed by atoms with Crippen LogP contribution in [-0.4, -0.2) is 35.2 Å². The number of aromatic nitrogens is 1. The summed E-state index contributed by atoms with van der Waals surface area (Å²) in [5, 5.41) is 6.52. The van der Waals surface area contributed by atoms with Crippen molar-refractivity contribution in [1.82, 2.24) is 15.6 Å². The van der Waals surface area contributed by atoms with E-state index in [1.165, 1.54) is 0 Å². The molecule has 32 heavy (non-hydrogen) atoms. The summed E-state index contributed by atoms with van der Waals surface area (Å²) in [6, 6.07) is 12.6. The van der Waals surface area contributed by atoms with Crippen LogP contribution >= 0.6 is 0 Å². The third kappa shape index (κ3) is 4.04. The van der Waals surface area contributed by atoms with Crippen LogP contribution < -0.4 is 20.1 Å². The molecule has 4 bridgehead atoms. The van der Waals surface area contributed by atoms with Gasteiger partial charge in [0.2, 0.25) is 5.88 Å². The van der Waals surface area contributed by atoms with Crippen molar-refractivity contribution in [3.63, 3.8) is 0 Å². The molecule has 4 fully saturated rings. The Kier molecular flexibility index (Phi) is 5.07. The maximum Gasteiger partial charge on any atom is 0.414 e. The topological polar surface area (TPSA) is 89.6 Å². The standard InChI is InChI=1S/C25H29N3O4/c1-16-5-3-8-21(26-16)32-23(30)28-25-13-17-9-18(14-25)12-24(11-17,15-25)27-22(29)19-6-4-7-20(10-19)31-2/h3-8,10,17-18H,9,11-15H2,1-2H3,(H,27,29)(H,28,30). The lowest BCUT2D eigenvalue weighted by atomic mass is 9.50. The summed E-state index contributed by atoms with van der Waals surface area (Å²) in [6.07, 6.45) is 5.18.